The summed E-state index contributed by atoms with van der Waals surface area (Å²) in [5.74, 6) is 0.558. The van der Waals surface area contributed by atoms with E-state index in [1.807, 2.05) is 13.8 Å². The van der Waals surface area contributed by atoms with Crippen LogP contribution in [0.4, 0.5) is 5.69 Å². The Morgan fingerprint density at radius 3 is 2.67 bits per heavy atom. The van der Waals surface area contributed by atoms with Crippen LogP contribution in [0.3, 0.4) is 0 Å². The molecule has 12 heavy (non-hydrogen) atoms. The molecule has 0 amide bonds. The molecule has 66 valence electrons. The zero-order chi connectivity index (χ0) is 9.14. The molecule has 0 aromatic heterocycles. The minimum Gasteiger partial charge on any atom is -0.504 e. The van der Waals surface area contributed by atoms with Gasteiger partial charge in [0.25, 0.3) is 0 Å². The van der Waals surface area contributed by atoms with Gasteiger partial charge in [-0.15, -0.1) is 0 Å². The first-order valence-corrected chi connectivity index (χ1v) is 3.84. The zero-order valence-corrected chi connectivity index (χ0v) is 7.24. The Hall–Kier alpha value is -1.38. The molecule has 1 rings (SSSR count). The third-order valence-corrected chi connectivity index (χ3v) is 1.35. The Kier molecular flexibility index (Phi) is 2.43. The second-order valence-corrected chi connectivity index (χ2v) is 2.89. The van der Waals surface area contributed by atoms with Gasteiger partial charge in [0, 0.05) is 11.8 Å². The summed E-state index contributed by atoms with van der Waals surface area (Å²) in [6.45, 7) is 3.78. The molecule has 1 aromatic carbocycles. The number of phenols is 1. The van der Waals surface area contributed by atoms with E-state index in [-0.39, 0.29) is 11.9 Å². The SMILES string of the molecule is CC(C)Oc1cc(N)ccc1O. The number of nitrogens with two attached hydrogens (primary N) is 1. The highest BCUT2D eigenvalue weighted by molar-refractivity contribution is 5.51. The van der Waals surface area contributed by atoms with E-state index in [9.17, 15) is 5.11 Å². The molecule has 0 aliphatic rings. The summed E-state index contributed by atoms with van der Waals surface area (Å²) in [5, 5.41) is 9.30. The van der Waals surface area contributed by atoms with Crippen LogP contribution in [0.1, 0.15) is 13.8 Å². The van der Waals surface area contributed by atoms with Gasteiger partial charge in [-0.3, -0.25) is 0 Å². The summed E-state index contributed by atoms with van der Waals surface area (Å²) in [5.41, 5.74) is 6.10. The summed E-state index contributed by atoms with van der Waals surface area (Å²) in [6, 6.07) is 4.75. The number of aromatic hydroxyl groups is 1. The fraction of sp³-hybridized carbons (Fsp3) is 0.333. The molecule has 0 saturated carbocycles. The molecule has 0 unspecified atom stereocenters. The second kappa shape index (κ2) is 3.34. The number of hydrogen-bond acceptors (Lipinski definition) is 3. The molecule has 0 fully saturated rings. The monoisotopic (exact) mass is 167 g/mol. The van der Waals surface area contributed by atoms with Gasteiger partial charge < -0.3 is 15.6 Å². The fourth-order valence-corrected chi connectivity index (χ4v) is 0.879. The molecule has 3 heteroatoms. The first-order chi connectivity index (χ1) is 5.59. The van der Waals surface area contributed by atoms with Crippen LogP contribution in [-0.2, 0) is 0 Å². The van der Waals surface area contributed by atoms with E-state index in [1.165, 1.54) is 6.07 Å². The minimum atomic E-state index is 0.0395. The molecule has 0 aliphatic carbocycles. The van der Waals surface area contributed by atoms with Crippen molar-refractivity contribution in [3.8, 4) is 11.5 Å². The maximum Gasteiger partial charge on any atom is 0.163 e. The van der Waals surface area contributed by atoms with Gasteiger partial charge in [0.15, 0.2) is 11.5 Å². The van der Waals surface area contributed by atoms with Crippen LogP contribution in [0.2, 0.25) is 0 Å². The highest BCUT2D eigenvalue weighted by atomic mass is 16.5. The third-order valence-electron chi connectivity index (χ3n) is 1.35. The van der Waals surface area contributed by atoms with Crippen molar-refractivity contribution in [2.24, 2.45) is 0 Å². The Bertz CT molecular complexity index is 271. The van der Waals surface area contributed by atoms with Crippen molar-refractivity contribution in [3.63, 3.8) is 0 Å². The van der Waals surface area contributed by atoms with E-state index < -0.39 is 0 Å². The molecule has 0 spiro atoms. The van der Waals surface area contributed by atoms with Crippen molar-refractivity contribution in [1.82, 2.24) is 0 Å². The first-order valence-electron chi connectivity index (χ1n) is 3.84. The van der Waals surface area contributed by atoms with Crippen molar-refractivity contribution in [2.75, 3.05) is 5.73 Å². The molecule has 0 heterocycles. The number of nitrogen functional groups attached to an aromatic ring is 1. The molecular formula is C9H13NO2. The molecule has 3 nitrogen and oxygen atoms in total. The van der Waals surface area contributed by atoms with E-state index in [0.717, 1.165) is 0 Å². The lowest BCUT2D eigenvalue weighted by Gasteiger charge is -2.11. The number of anilines is 1. The molecule has 0 bridgehead atoms. The van der Waals surface area contributed by atoms with Gasteiger partial charge in [0.1, 0.15) is 0 Å². The number of benzene rings is 1. The van der Waals surface area contributed by atoms with Crippen LogP contribution in [0.15, 0.2) is 18.2 Å². The maximum atomic E-state index is 9.30. The van der Waals surface area contributed by atoms with E-state index in [2.05, 4.69) is 0 Å². The number of ether oxygens (including phenoxy) is 1. The fourth-order valence-electron chi connectivity index (χ4n) is 0.879. The summed E-state index contributed by atoms with van der Waals surface area (Å²) < 4.78 is 5.30. The number of phenolic OH excluding ortho intramolecular Hbond substituents is 1. The minimum absolute atomic E-state index is 0.0395. The molecule has 0 saturated heterocycles. The molecule has 1 aromatic rings. The summed E-state index contributed by atoms with van der Waals surface area (Å²) in [7, 11) is 0. The standard InChI is InChI=1S/C9H13NO2/c1-6(2)12-9-5-7(10)3-4-8(9)11/h3-6,11H,10H2,1-2H3. The van der Waals surface area contributed by atoms with Crippen LogP contribution in [0, 0.1) is 0 Å². The van der Waals surface area contributed by atoms with Gasteiger partial charge >= 0.3 is 0 Å². The third kappa shape index (κ3) is 2.05. The molecule has 0 atom stereocenters. The number of hydrogen-bond donors (Lipinski definition) is 2. The van der Waals surface area contributed by atoms with Crippen LogP contribution in [-0.4, -0.2) is 11.2 Å². The second-order valence-electron chi connectivity index (χ2n) is 2.89. The Morgan fingerprint density at radius 1 is 1.42 bits per heavy atom. The lowest BCUT2D eigenvalue weighted by Crippen LogP contribution is -2.05. The maximum absolute atomic E-state index is 9.30. The predicted molar refractivity (Wildman–Crippen MR) is 48.3 cm³/mol. The van der Waals surface area contributed by atoms with Gasteiger partial charge in [-0.05, 0) is 26.0 Å². The Balaban J connectivity index is 2.90. The average molecular weight is 167 g/mol. The van der Waals surface area contributed by atoms with E-state index >= 15 is 0 Å². The largest absolute Gasteiger partial charge is 0.504 e. The van der Waals surface area contributed by atoms with Crippen molar-refractivity contribution < 1.29 is 9.84 Å². The quantitative estimate of drug-likeness (QED) is 0.521. The van der Waals surface area contributed by atoms with E-state index in [1.54, 1.807) is 12.1 Å². The van der Waals surface area contributed by atoms with Gasteiger partial charge in [-0.2, -0.15) is 0 Å². The van der Waals surface area contributed by atoms with Crippen LogP contribution >= 0.6 is 0 Å². The number of rotatable bonds is 2. The first kappa shape index (κ1) is 8.71. The lowest BCUT2D eigenvalue weighted by atomic mass is 10.3. The van der Waals surface area contributed by atoms with Gasteiger partial charge in [-0.1, -0.05) is 0 Å². The van der Waals surface area contributed by atoms with E-state index in [0.29, 0.717) is 11.4 Å². The highest BCUT2D eigenvalue weighted by Crippen LogP contribution is 2.28. The van der Waals surface area contributed by atoms with Gasteiger partial charge in [0.05, 0.1) is 6.10 Å². The Morgan fingerprint density at radius 2 is 2.08 bits per heavy atom. The normalized spacial score (nSPS) is 10.2. The van der Waals surface area contributed by atoms with Crippen LogP contribution in [0.25, 0.3) is 0 Å². The lowest BCUT2D eigenvalue weighted by molar-refractivity contribution is 0.232. The van der Waals surface area contributed by atoms with Crippen LogP contribution in [0.5, 0.6) is 11.5 Å². The Labute approximate surface area is 71.8 Å². The van der Waals surface area contributed by atoms with Crippen molar-refractivity contribution >= 4 is 5.69 Å². The molecule has 0 aliphatic heterocycles. The summed E-state index contributed by atoms with van der Waals surface area (Å²) in [6.07, 6.45) is 0.0395. The van der Waals surface area contributed by atoms with E-state index in [4.69, 9.17) is 10.5 Å². The predicted octanol–water partition coefficient (Wildman–Crippen LogP) is 1.76. The molecular weight excluding hydrogens is 154 g/mol. The molecule has 0 radical (unpaired) electrons. The smallest absolute Gasteiger partial charge is 0.163 e. The summed E-state index contributed by atoms with van der Waals surface area (Å²) >= 11 is 0. The zero-order valence-electron chi connectivity index (χ0n) is 7.24. The average Bonchev–Trinajstić information content (AvgIpc) is 1.96. The van der Waals surface area contributed by atoms with Crippen molar-refractivity contribution in [2.45, 2.75) is 20.0 Å². The van der Waals surface area contributed by atoms with Crippen molar-refractivity contribution in [1.29, 1.82) is 0 Å². The summed E-state index contributed by atoms with van der Waals surface area (Å²) in [4.78, 5) is 0. The van der Waals surface area contributed by atoms with Gasteiger partial charge in [-0.25, -0.2) is 0 Å². The van der Waals surface area contributed by atoms with Gasteiger partial charge in [0.2, 0.25) is 0 Å². The topological polar surface area (TPSA) is 55.5 Å². The molecule has 3 N–H and O–H groups in total. The van der Waals surface area contributed by atoms with Crippen molar-refractivity contribution in [3.05, 3.63) is 18.2 Å². The highest BCUT2D eigenvalue weighted by Gasteiger charge is 2.03. The van der Waals surface area contributed by atoms with Crippen LogP contribution < -0.4 is 10.5 Å².